The molecule has 0 heterocycles. The van der Waals surface area contributed by atoms with E-state index in [1.807, 2.05) is 6.92 Å². The van der Waals surface area contributed by atoms with E-state index in [1.165, 1.54) is 16.7 Å². The van der Waals surface area contributed by atoms with Crippen molar-refractivity contribution in [1.29, 1.82) is 0 Å². The number of hydrogen-bond donors (Lipinski definition) is 1. The maximum absolute atomic E-state index is 5.77. The summed E-state index contributed by atoms with van der Waals surface area (Å²) in [6, 6.07) is 4.58. The topological polar surface area (TPSA) is 35.2 Å². The molecular weight excluding hydrogens is 186 g/mol. The predicted molar refractivity (Wildman–Crippen MR) is 64.4 cm³/mol. The fourth-order valence-electron chi connectivity index (χ4n) is 1.90. The van der Waals surface area contributed by atoms with E-state index in [4.69, 9.17) is 10.5 Å². The van der Waals surface area contributed by atoms with Crippen molar-refractivity contribution in [3.05, 3.63) is 28.8 Å². The van der Waals surface area contributed by atoms with E-state index < -0.39 is 0 Å². The van der Waals surface area contributed by atoms with Crippen LogP contribution in [-0.4, -0.2) is 13.2 Å². The van der Waals surface area contributed by atoms with E-state index in [-0.39, 0.29) is 6.04 Å². The molecule has 0 saturated heterocycles. The van der Waals surface area contributed by atoms with E-state index >= 15 is 0 Å². The van der Waals surface area contributed by atoms with Gasteiger partial charge in [0.15, 0.2) is 0 Å². The van der Waals surface area contributed by atoms with Gasteiger partial charge in [-0.05, 0) is 44.7 Å². The largest absolute Gasteiger partial charge is 0.496 e. The molecule has 1 unspecified atom stereocenters. The predicted octanol–water partition coefficient (Wildman–Crippen LogP) is 2.59. The molecule has 0 aliphatic heterocycles. The molecular formula is C13H21NO. The minimum Gasteiger partial charge on any atom is -0.496 e. The van der Waals surface area contributed by atoms with E-state index in [0.29, 0.717) is 0 Å². The smallest absolute Gasteiger partial charge is 0.124 e. The summed E-state index contributed by atoms with van der Waals surface area (Å²) in [6.07, 6.45) is 1.99. The average Bonchev–Trinajstić information content (AvgIpc) is 2.13. The second-order valence-corrected chi connectivity index (χ2v) is 4.29. The number of aryl methyl sites for hydroxylation is 3. The number of methoxy groups -OCH3 is 1. The fraction of sp³-hybridized carbons (Fsp3) is 0.538. The van der Waals surface area contributed by atoms with Gasteiger partial charge in [-0.25, -0.2) is 0 Å². The molecule has 0 spiro atoms. The Morgan fingerprint density at radius 1 is 1.33 bits per heavy atom. The van der Waals surface area contributed by atoms with Gasteiger partial charge in [-0.3, -0.25) is 0 Å². The zero-order valence-corrected chi connectivity index (χ0v) is 10.1. The lowest BCUT2D eigenvalue weighted by Crippen LogP contribution is -2.15. The lowest BCUT2D eigenvalue weighted by molar-refractivity contribution is 0.405. The summed E-state index contributed by atoms with van der Waals surface area (Å²) in [4.78, 5) is 0. The Morgan fingerprint density at radius 3 is 2.53 bits per heavy atom. The third kappa shape index (κ3) is 3.24. The van der Waals surface area contributed by atoms with Gasteiger partial charge in [-0.1, -0.05) is 17.7 Å². The van der Waals surface area contributed by atoms with Crippen molar-refractivity contribution in [3.63, 3.8) is 0 Å². The summed E-state index contributed by atoms with van der Waals surface area (Å²) in [5, 5.41) is 0. The van der Waals surface area contributed by atoms with Gasteiger partial charge in [0.25, 0.3) is 0 Å². The molecule has 0 bridgehead atoms. The van der Waals surface area contributed by atoms with Gasteiger partial charge < -0.3 is 10.5 Å². The van der Waals surface area contributed by atoms with Crippen LogP contribution in [0.4, 0.5) is 0 Å². The molecule has 1 atom stereocenters. The van der Waals surface area contributed by atoms with E-state index in [9.17, 15) is 0 Å². The third-order valence-corrected chi connectivity index (χ3v) is 2.57. The molecule has 2 heteroatoms. The van der Waals surface area contributed by atoms with Gasteiger partial charge in [0.1, 0.15) is 5.75 Å². The summed E-state index contributed by atoms with van der Waals surface area (Å²) in [5.41, 5.74) is 9.53. The Morgan fingerprint density at radius 2 is 2.00 bits per heavy atom. The van der Waals surface area contributed by atoms with E-state index in [2.05, 4.69) is 26.0 Å². The Balaban J connectivity index is 2.93. The van der Waals surface area contributed by atoms with Crippen molar-refractivity contribution in [2.45, 2.75) is 39.7 Å². The van der Waals surface area contributed by atoms with Crippen molar-refractivity contribution in [2.75, 3.05) is 7.11 Å². The highest BCUT2D eigenvalue weighted by Crippen LogP contribution is 2.26. The lowest BCUT2D eigenvalue weighted by Gasteiger charge is -2.13. The van der Waals surface area contributed by atoms with Crippen molar-refractivity contribution in [3.8, 4) is 5.75 Å². The molecule has 1 aromatic rings. The van der Waals surface area contributed by atoms with Crippen LogP contribution in [0.3, 0.4) is 0 Å². The van der Waals surface area contributed by atoms with Crippen molar-refractivity contribution >= 4 is 0 Å². The zero-order chi connectivity index (χ0) is 11.4. The first-order chi connectivity index (χ1) is 7.04. The molecule has 0 radical (unpaired) electrons. The van der Waals surface area contributed by atoms with Gasteiger partial charge in [0.2, 0.25) is 0 Å². The molecule has 84 valence electrons. The van der Waals surface area contributed by atoms with Crippen LogP contribution in [0.1, 0.15) is 30.0 Å². The first kappa shape index (κ1) is 12.1. The first-order valence-electron chi connectivity index (χ1n) is 5.44. The number of benzene rings is 1. The van der Waals surface area contributed by atoms with Crippen LogP contribution in [0.5, 0.6) is 5.75 Å². The van der Waals surface area contributed by atoms with Crippen molar-refractivity contribution < 1.29 is 4.74 Å². The Bertz CT molecular complexity index is 332. The van der Waals surface area contributed by atoms with Gasteiger partial charge >= 0.3 is 0 Å². The van der Waals surface area contributed by atoms with Crippen LogP contribution in [-0.2, 0) is 6.42 Å². The van der Waals surface area contributed by atoms with Gasteiger partial charge in [-0.15, -0.1) is 0 Å². The SMILES string of the molecule is COc1c(C)cc(C)cc1CCC(C)N. The van der Waals surface area contributed by atoms with Gasteiger partial charge in [-0.2, -0.15) is 0 Å². The molecule has 2 N–H and O–H groups in total. The van der Waals surface area contributed by atoms with Crippen molar-refractivity contribution in [2.24, 2.45) is 5.73 Å². The summed E-state index contributed by atoms with van der Waals surface area (Å²) in [6.45, 7) is 6.23. The summed E-state index contributed by atoms with van der Waals surface area (Å²) >= 11 is 0. The first-order valence-corrected chi connectivity index (χ1v) is 5.44. The lowest BCUT2D eigenvalue weighted by atomic mass is 10.00. The highest BCUT2D eigenvalue weighted by Gasteiger charge is 2.08. The fourth-order valence-corrected chi connectivity index (χ4v) is 1.90. The van der Waals surface area contributed by atoms with Crippen LogP contribution >= 0.6 is 0 Å². The molecule has 0 amide bonds. The summed E-state index contributed by atoms with van der Waals surface area (Å²) in [7, 11) is 1.73. The quantitative estimate of drug-likeness (QED) is 0.823. The molecule has 15 heavy (non-hydrogen) atoms. The Kier molecular flexibility index (Phi) is 4.15. The molecule has 0 aliphatic carbocycles. The van der Waals surface area contributed by atoms with Crippen molar-refractivity contribution in [1.82, 2.24) is 0 Å². The van der Waals surface area contributed by atoms with Crippen LogP contribution in [0.15, 0.2) is 12.1 Å². The minimum absolute atomic E-state index is 0.246. The molecule has 0 aromatic heterocycles. The third-order valence-electron chi connectivity index (χ3n) is 2.57. The molecule has 0 aliphatic rings. The normalized spacial score (nSPS) is 12.6. The highest BCUT2D eigenvalue weighted by atomic mass is 16.5. The van der Waals surface area contributed by atoms with Gasteiger partial charge in [0.05, 0.1) is 7.11 Å². The second-order valence-electron chi connectivity index (χ2n) is 4.29. The molecule has 0 saturated carbocycles. The minimum atomic E-state index is 0.246. The number of ether oxygens (including phenoxy) is 1. The van der Waals surface area contributed by atoms with Crippen LogP contribution in [0, 0.1) is 13.8 Å². The number of nitrogens with two attached hydrogens (primary N) is 1. The monoisotopic (exact) mass is 207 g/mol. The standard InChI is InChI=1S/C13H21NO/c1-9-7-10(2)13(15-4)12(8-9)6-5-11(3)14/h7-8,11H,5-6,14H2,1-4H3. The zero-order valence-electron chi connectivity index (χ0n) is 10.1. The van der Waals surface area contributed by atoms with Crippen LogP contribution in [0.2, 0.25) is 0 Å². The molecule has 2 nitrogen and oxygen atoms in total. The molecule has 0 fully saturated rings. The van der Waals surface area contributed by atoms with Crippen LogP contribution in [0.25, 0.3) is 0 Å². The molecule has 1 rings (SSSR count). The number of hydrogen-bond acceptors (Lipinski definition) is 2. The highest BCUT2D eigenvalue weighted by molar-refractivity contribution is 5.43. The van der Waals surface area contributed by atoms with Gasteiger partial charge in [0, 0.05) is 6.04 Å². The number of rotatable bonds is 4. The maximum Gasteiger partial charge on any atom is 0.124 e. The molecule has 1 aromatic carbocycles. The van der Waals surface area contributed by atoms with E-state index in [0.717, 1.165) is 18.6 Å². The Labute approximate surface area is 92.4 Å². The maximum atomic E-state index is 5.77. The average molecular weight is 207 g/mol. The van der Waals surface area contributed by atoms with Crippen LogP contribution < -0.4 is 10.5 Å². The van der Waals surface area contributed by atoms with E-state index in [1.54, 1.807) is 7.11 Å². The summed E-state index contributed by atoms with van der Waals surface area (Å²) in [5.74, 6) is 1.02. The Hall–Kier alpha value is -1.02. The summed E-state index contributed by atoms with van der Waals surface area (Å²) < 4.78 is 5.42. The second kappa shape index (κ2) is 5.17.